The van der Waals surface area contributed by atoms with Crippen LogP contribution in [0.3, 0.4) is 0 Å². The summed E-state index contributed by atoms with van der Waals surface area (Å²) in [4.78, 5) is 76.5. The van der Waals surface area contributed by atoms with Gasteiger partial charge in [-0.05, 0) is 152 Å². The van der Waals surface area contributed by atoms with Crippen LogP contribution in [0.2, 0.25) is 0 Å². The van der Waals surface area contributed by atoms with Crippen LogP contribution in [0.15, 0.2) is 170 Å². The highest BCUT2D eigenvalue weighted by atomic mass is 16.1. The second-order valence-corrected chi connectivity index (χ2v) is 34.9. The fourth-order valence-corrected chi connectivity index (χ4v) is 21.2. The number of nitrogens with zero attached hydrogens (tertiary/aromatic N) is 12. The monoisotopic (exact) mass is 1570 g/mol. The molecule has 116 heavy (non-hydrogen) atoms. The SMILES string of the molecule is Cc1ccc(C(=O)CCCN2CC[C@H]3[C@@H](C2)c2cccc4c2N3CCN4C)cc1.[2H]C1([2H])CN2c3c(cccc3N1C)[C@@H]1CN(CCCC(=O)c3ccc(C)cc3)CC[C@@H]12.[2H]C1([2H])CN2c3c(cccc3N1C)[C@@H]1CN(CCCC(=O)c3ccc(C)cc3)CC[C@@H]12.[2H]C1([2H])N(C)c2cccc3c2N([C@H]2CCN(CCCC(=O)c4ccc(C)cc4)C[C@@H]32)C1([2H])[2H]. The number of para-hydroxylation sites is 4. The number of hydrogen-bond acceptors (Lipinski definition) is 16. The molecule has 0 N–H and O–H groups in total. The minimum Gasteiger partial charge on any atom is -0.371 e. The van der Waals surface area contributed by atoms with Gasteiger partial charge < -0.3 is 58.8 Å². The number of rotatable bonds is 20. The van der Waals surface area contributed by atoms with Gasteiger partial charge in [-0.3, -0.25) is 19.2 Å². The van der Waals surface area contributed by atoms with Crippen LogP contribution in [-0.2, 0) is 0 Å². The molecule has 8 aromatic carbocycles. The quantitative estimate of drug-likeness (QED) is 0.0675. The number of piperidine rings is 4. The maximum atomic E-state index is 12.5. The second kappa shape index (κ2) is 34.7. The molecule has 0 amide bonds. The summed E-state index contributed by atoms with van der Waals surface area (Å²) in [6.45, 7) is 16.0. The van der Waals surface area contributed by atoms with Crippen molar-refractivity contribution >= 4 is 68.6 Å². The average molecular weight is 1570 g/mol. The topological polar surface area (TPSA) is 107 Å². The molecule has 608 valence electrons. The van der Waals surface area contributed by atoms with Crippen molar-refractivity contribution < 1.29 is 30.1 Å². The van der Waals surface area contributed by atoms with Crippen LogP contribution in [-0.4, -0.2) is 226 Å². The Balaban J connectivity index is 0.000000117. The fourth-order valence-electron chi connectivity index (χ4n) is 21.2. The first-order valence-electron chi connectivity index (χ1n) is 47.3. The van der Waals surface area contributed by atoms with Crippen LogP contribution in [0.4, 0.5) is 45.5 Å². The summed E-state index contributed by atoms with van der Waals surface area (Å²) in [6.07, 6.45) is 9.96. The molecule has 12 heterocycles. The molecule has 0 saturated carbocycles. The van der Waals surface area contributed by atoms with Crippen molar-refractivity contribution in [2.45, 2.75) is 153 Å². The van der Waals surface area contributed by atoms with Gasteiger partial charge in [-0.1, -0.05) is 168 Å². The van der Waals surface area contributed by atoms with Gasteiger partial charge in [0.15, 0.2) is 23.1 Å². The Morgan fingerprint density at radius 3 is 0.853 bits per heavy atom. The van der Waals surface area contributed by atoms with Crippen LogP contribution < -0.4 is 39.2 Å². The molecule has 0 radical (unpaired) electrons. The Kier molecular flexibility index (Phi) is 20.9. The van der Waals surface area contributed by atoms with E-state index in [-0.39, 0.29) is 35.1 Å². The van der Waals surface area contributed by atoms with E-state index in [1.165, 1.54) is 61.9 Å². The molecular weight excluding hydrogens is 1430 g/mol. The Hall–Kier alpha value is -9.32. The van der Waals surface area contributed by atoms with Crippen LogP contribution in [0, 0.1) is 27.7 Å². The van der Waals surface area contributed by atoms with E-state index in [0.29, 0.717) is 74.7 Å². The Morgan fingerprint density at radius 1 is 0.293 bits per heavy atom. The summed E-state index contributed by atoms with van der Waals surface area (Å²) < 4.78 is 68.4. The van der Waals surface area contributed by atoms with Crippen LogP contribution in [0.5, 0.6) is 0 Å². The van der Waals surface area contributed by atoms with Crippen LogP contribution in [0.25, 0.3) is 0 Å². The third-order valence-electron chi connectivity index (χ3n) is 27.5. The molecule has 0 spiro atoms. The van der Waals surface area contributed by atoms with Gasteiger partial charge in [0, 0.05) is 228 Å². The maximum absolute atomic E-state index is 12.5. The van der Waals surface area contributed by atoms with Gasteiger partial charge in [0.25, 0.3) is 0 Å². The number of benzene rings is 8. The summed E-state index contributed by atoms with van der Waals surface area (Å²) in [6, 6.07) is 58.3. The number of ketones is 4. The molecule has 12 aliphatic rings. The predicted octanol–water partition coefficient (Wildman–Crippen LogP) is 16.3. The van der Waals surface area contributed by atoms with Gasteiger partial charge in [-0.15, -0.1) is 0 Å². The van der Waals surface area contributed by atoms with E-state index >= 15 is 0 Å². The molecule has 16 nitrogen and oxygen atoms in total. The molecule has 12 aliphatic heterocycles. The first kappa shape index (κ1) is 69.8. The van der Waals surface area contributed by atoms with Gasteiger partial charge in [0.2, 0.25) is 0 Å². The highest BCUT2D eigenvalue weighted by molar-refractivity contribution is 5.98. The molecule has 0 aliphatic carbocycles. The molecule has 4 saturated heterocycles. The summed E-state index contributed by atoms with van der Waals surface area (Å²) >= 11 is 0. The molecule has 8 aromatic rings. The second-order valence-electron chi connectivity index (χ2n) is 34.9. The van der Waals surface area contributed by atoms with Crippen molar-refractivity contribution in [3.05, 3.63) is 237 Å². The summed E-state index contributed by atoms with van der Waals surface area (Å²) in [5.74, 6) is 2.49. The lowest BCUT2D eigenvalue weighted by atomic mass is 9.89. The van der Waals surface area contributed by atoms with Gasteiger partial charge in [-0.2, -0.15) is 0 Å². The Bertz CT molecular complexity index is 5090. The van der Waals surface area contributed by atoms with Gasteiger partial charge in [-0.25, -0.2) is 0 Å². The number of Topliss-reactive ketones (excluding diaryl/α,β-unsaturated/α-hetero) is 4. The zero-order valence-corrected chi connectivity index (χ0v) is 69.6. The van der Waals surface area contributed by atoms with E-state index in [9.17, 15) is 19.2 Å². The van der Waals surface area contributed by atoms with Crippen molar-refractivity contribution in [3.8, 4) is 0 Å². The van der Waals surface area contributed by atoms with E-state index < -0.39 is 26.0 Å². The molecule has 8 atom stereocenters. The Labute approximate surface area is 702 Å². The number of anilines is 8. The number of fused-ring (bicyclic) bond motifs is 12. The largest absolute Gasteiger partial charge is 0.371 e. The minimum atomic E-state index is -2.12. The summed E-state index contributed by atoms with van der Waals surface area (Å²) in [5, 5.41) is 0. The number of carbonyl (C=O) groups is 4. The Morgan fingerprint density at radius 2 is 0.552 bits per heavy atom. The smallest absolute Gasteiger partial charge is 0.162 e. The number of likely N-dealkylation sites (N-methyl/N-ethyl adjacent to an activating group) is 4. The van der Waals surface area contributed by atoms with Gasteiger partial charge in [0.05, 0.1) is 56.5 Å². The van der Waals surface area contributed by atoms with Crippen molar-refractivity contribution in [2.24, 2.45) is 0 Å². The third kappa shape index (κ3) is 16.3. The zero-order chi connectivity index (χ0) is 87.0. The van der Waals surface area contributed by atoms with Gasteiger partial charge in [0.1, 0.15) is 0 Å². The first-order valence-corrected chi connectivity index (χ1v) is 43.3. The number of hydrogen-bond donors (Lipinski definition) is 0. The standard InChI is InChI=1S/4C25H31N3O/c4*1-18-8-10-19(11-9-18)24(29)7-4-13-27-14-12-22-21(17-27)20-5-3-6-23-25(20)28(22)16-15-26(23)2/h4*3,5-6,8-11,21-22H,4,7,12-17H2,1-2H3/t4*21-,22-/m0000/s1/i15D2,16D2;2*15D2;. The van der Waals surface area contributed by atoms with E-state index in [1.54, 1.807) is 27.3 Å². The molecule has 0 aromatic heterocycles. The van der Waals surface area contributed by atoms with Crippen molar-refractivity contribution in [1.82, 2.24) is 19.6 Å². The maximum Gasteiger partial charge on any atom is 0.162 e. The number of carbonyl (C=O) groups excluding carboxylic acids is 4. The lowest BCUT2D eigenvalue weighted by Crippen LogP contribution is -2.49. The molecule has 0 unspecified atom stereocenters. The molecule has 16 heteroatoms. The molecule has 4 fully saturated rings. The predicted molar refractivity (Wildman–Crippen MR) is 478 cm³/mol. The third-order valence-corrected chi connectivity index (χ3v) is 27.5. The molecular formula is C100H124N12O4. The lowest BCUT2D eigenvalue weighted by Gasteiger charge is -2.41. The molecule has 20 rings (SSSR count). The van der Waals surface area contributed by atoms with E-state index in [2.05, 4.69) is 114 Å². The highest BCUT2D eigenvalue weighted by Crippen LogP contribution is 2.55. The number of likely N-dealkylation sites (tertiary alicyclic amines) is 4. The van der Waals surface area contributed by atoms with Crippen LogP contribution >= 0.6 is 0 Å². The normalized spacial score (nSPS) is 25.9. The van der Waals surface area contributed by atoms with E-state index in [4.69, 9.17) is 11.0 Å². The molecule has 0 bridgehead atoms. The van der Waals surface area contributed by atoms with Crippen LogP contribution in [0.1, 0.15) is 198 Å². The van der Waals surface area contributed by atoms with Gasteiger partial charge >= 0.3 is 0 Å². The van der Waals surface area contributed by atoms with Crippen molar-refractivity contribution in [1.29, 1.82) is 0 Å². The summed E-state index contributed by atoms with van der Waals surface area (Å²) in [5.41, 5.74) is 22.4. The van der Waals surface area contributed by atoms with E-state index in [0.717, 1.165) is 193 Å². The van der Waals surface area contributed by atoms with Crippen molar-refractivity contribution in [2.75, 3.05) is 198 Å². The summed E-state index contributed by atoms with van der Waals surface area (Å²) in [7, 11) is 7.59. The van der Waals surface area contributed by atoms with E-state index in [1.807, 2.05) is 144 Å². The zero-order valence-electron chi connectivity index (χ0n) is 77.6. The minimum absolute atomic E-state index is 0.0506. The average Bonchev–Trinajstić information content (AvgIpc) is 1.54. The van der Waals surface area contributed by atoms with Crippen molar-refractivity contribution in [3.63, 3.8) is 0 Å². The highest BCUT2D eigenvalue weighted by Gasteiger charge is 2.49. The number of aryl methyl sites for hydroxylation is 4. The first-order chi connectivity index (χ1) is 59.4. The fraction of sp³-hybridized carbons (Fsp3) is 0.480. The lowest BCUT2D eigenvalue weighted by molar-refractivity contribution is 0.0963.